The van der Waals surface area contributed by atoms with Gasteiger partial charge in [0.25, 0.3) is 5.91 Å². The molecule has 4 unspecified atom stereocenters. The fourth-order valence-corrected chi connectivity index (χ4v) is 4.19. The van der Waals surface area contributed by atoms with Crippen molar-refractivity contribution in [3.05, 3.63) is 0 Å². The molecule has 276 valence electrons. The van der Waals surface area contributed by atoms with E-state index < -0.39 is 31.1 Å². The molecule has 2 aliphatic heterocycles. The number of nitrogens with zero attached hydrogens (tertiary/aromatic N) is 1. The molecular formula is C30H62F3N5O7W. The summed E-state index contributed by atoms with van der Waals surface area (Å²) < 4.78 is 33.6. The number of carbonyl (C=O) groups is 5. The summed E-state index contributed by atoms with van der Waals surface area (Å²) in [4.78, 5) is 56.0. The number of fused-ring (bicyclic) bond motifs is 1. The van der Waals surface area contributed by atoms with Crippen LogP contribution in [0.4, 0.5) is 13.2 Å². The Bertz CT molecular complexity index is 796. The van der Waals surface area contributed by atoms with E-state index in [0.717, 1.165) is 13.0 Å². The first kappa shape index (κ1) is 56.1. The van der Waals surface area contributed by atoms with Gasteiger partial charge in [-0.2, -0.15) is 8.78 Å². The number of halogens is 3. The third kappa shape index (κ3) is 24.0. The van der Waals surface area contributed by atoms with Crippen LogP contribution in [0.5, 0.6) is 0 Å². The Morgan fingerprint density at radius 2 is 1.50 bits per heavy atom. The number of amides is 5. The van der Waals surface area contributed by atoms with Gasteiger partial charge in [0.1, 0.15) is 6.04 Å². The van der Waals surface area contributed by atoms with Gasteiger partial charge in [-0.15, -0.1) is 0 Å². The van der Waals surface area contributed by atoms with Crippen LogP contribution in [-0.2, 0) is 45.0 Å². The zero-order chi connectivity index (χ0) is 35.6. The molecule has 12 nitrogen and oxygen atoms in total. The predicted molar refractivity (Wildman–Crippen MR) is 171 cm³/mol. The van der Waals surface area contributed by atoms with E-state index in [1.807, 2.05) is 33.0 Å². The second-order valence-corrected chi connectivity index (χ2v) is 10.5. The summed E-state index contributed by atoms with van der Waals surface area (Å²) in [5, 5.41) is 20.8. The second-order valence-electron chi connectivity index (χ2n) is 10.5. The maximum atomic E-state index is 11.9. The summed E-state index contributed by atoms with van der Waals surface area (Å²) >= 11 is 0. The molecule has 3 aliphatic rings. The van der Waals surface area contributed by atoms with Gasteiger partial charge < -0.3 is 36.8 Å². The monoisotopic (exact) mass is 845 g/mol. The largest absolute Gasteiger partial charge is 0.400 e. The van der Waals surface area contributed by atoms with Gasteiger partial charge in [-0.1, -0.05) is 69.7 Å². The van der Waals surface area contributed by atoms with E-state index in [9.17, 15) is 37.1 Å². The van der Waals surface area contributed by atoms with Crippen LogP contribution in [0.2, 0.25) is 0 Å². The van der Waals surface area contributed by atoms with Gasteiger partial charge in [0.15, 0.2) is 6.86 Å². The number of nitrogens with two attached hydrogens (primary N) is 1. The molecule has 2 saturated heterocycles. The minimum absolute atomic E-state index is 0. The van der Waals surface area contributed by atoms with Gasteiger partial charge in [-0.05, 0) is 36.0 Å². The average molecular weight is 846 g/mol. The molecule has 0 spiro atoms. The maximum Gasteiger partial charge on any atom is 0.315 e. The van der Waals surface area contributed by atoms with Crippen molar-refractivity contribution in [3.8, 4) is 0 Å². The fraction of sp³-hybridized carbons (Fsp3) is 0.833. The Labute approximate surface area is 288 Å². The van der Waals surface area contributed by atoms with Crippen molar-refractivity contribution >= 4 is 30.0 Å². The number of primary amides is 1. The van der Waals surface area contributed by atoms with Gasteiger partial charge >= 0.3 is 6.43 Å². The van der Waals surface area contributed by atoms with Crippen LogP contribution in [0.1, 0.15) is 82.6 Å². The molecule has 0 aromatic carbocycles. The third-order valence-electron chi connectivity index (χ3n) is 6.38. The number of hydrogen-bond acceptors (Lipinski definition) is 7. The molecule has 7 N–H and O–H groups in total. The van der Waals surface area contributed by atoms with E-state index in [1.165, 1.54) is 0 Å². The van der Waals surface area contributed by atoms with E-state index in [0.29, 0.717) is 49.7 Å². The number of hydrogen-bond donors (Lipinski definition) is 6. The van der Waals surface area contributed by atoms with Crippen LogP contribution in [0.3, 0.4) is 0 Å². The van der Waals surface area contributed by atoms with Crippen molar-refractivity contribution in [3.63, 3.8) is 0 Å². The maximum absolute atomic E-state index is 11.9. The molecule has 46 heavy (non-hydrogen) atoms. The number of piperidine rings is 1. The summed E-state index contributed by atoms with van der Waals surface area (Å²) in [5.74, 6) is -0.694. The minimum atomic E-state index is -3.06. The normalized spacial score (nSPS) is 19.2. The Balaban J connectivity index is -0.000000124. The number of aliphatic hydroxyl groups is 2. The van der Waals surface area contributed by atoms with E-state index in [-0.39, 0.29) is 59.2 Å². The molecule has 3 fully saturated rings. The van der Waals surface area contributed by atoms with Crippen molar-refractivity contribution in [2.45, 2.75) is 95.0 Å². The van der Waals surface area contributed by atoms with Crippen molar-refractivity contribution in [2.75, 3.05) is 40.1 Å². The number of nitrogens with one attached hydrogen (secondary N) is 3. The van der Waals surface area contributed by atoms with Crippen LogP contribution < -0.4 is 21.7 Å². The molecule has 1 aliphatic carbocycles. The van der Waals surface area contributed by atoms with Crippen LogP contribution >= 0.6 is 0 Å². The number of carbonyl (C=O) groups excluding carboxylic acids is 5. The Morgan fingerprint density at radius 3 is 1.80 bits per heavy atom. The van der Waals surface area contributed by atoms with Crippen molar-refractivity contribution < 1.29 is 68.4 Å². The third-order valence-corrected chi connectivity index (χ3v) is 6.38. The van der Waals surface area contributed by atoms with Crippen LogP contribution in [-0.4, -0.2) is 97.8 Å². The molecule has 0 aromatic rings. The average Bonchev–Trinajstić information content (AvgIpc) is 3.36. The first-order chi connectivity index (χ1) is 20.6. The van der Waals surface area contributed by atoms with Crippen LogP contribution in [0.15, 0.2) is 0 Å². The Morgan fingerprint density at radius 1 is 1.09 bits per heavy atom. The first-order valence-electron chi connectivity index (χ1n) is 14.9. The summed E-state index contributed by atoms with van der Waals surface area (Å²) in [7, 11) is 1.00. The smallest absolute Gasteiger partial charge is 0.315 e. The SMILES string of the molecule is C.CC.CC.CC(C)C.CC1(C)C2CN(C(=O)CNC(=O)C(F)F)CC21.CO.NC(=O)C(CC1CCNC1=O)NC=O.OCF.[W]. The summed E-state index contributed by atoms with van der Waals surface area (Å²) in [6.45, 7) is 19.2. The summed E-state index contributed by atoms with van der Waals surface area (Å²) in [6, 6.07) is -0.749. The van der Waals surface area contributed by atoms with Crippen molar-refractivity contribution in [1.82, 2.24) is 20.9 Å². The molecule has 0 radical (unpaired) electrons. The van der Waals surface area contributed by atoms with Crippen molar-refractivity contribution in [2.24, 2.45) is 34.8 Å². The number of alkyl halides is 3. The first-order valence-corrected chi connectivity index (χ1v) is 14.9. The number of likely N-dealkylation sites (tertiary alicyclic amines) is 1. The predicted octanol–water partition coefficient (Wildman–Crippen LogP) is 2.46. The topological polar surface area (TPSA) is 191 Å². The molecule has 5 amide bonds. The molecule has 3 rings (SSSR count). The summed E-state index contributed by atoms with van der Waals surface area (Å²) in [5.41, 5.74) is 5.36. The molecule has 16 heteroatoms. The Kier molecular flexibility index (Phi) is 39.9. The van der Waals surface area contributed by atoms with Gasteiger partial charge in [-0.25, -0.2) is 4.39 Å². The fourth-order valence-electron chi connectivity index (χ4n) is 4.19. The molecule has 4 atom stereocenters. The van der Waals surface area contributed by atoms with E-state index >= 15 is 0 Å². The molecule has 0 aromatic heterocycles. The van der Waals surface area contributed by atoms with E-state index in [2.05, 4.69) is 45.3 Å². The standard InChI is InChI=1S/C11H16F2N2O2.C8H13N3O3.C4H10.2C2H6.CH3FO.CH4O.CH4.W/c1-11(2)6-4-15(5-7(6)11)8(16)3-14-10(17)9(12)13;9-7(13)6(11-4-12)3-5-1-2-10-8(5)14;1-4(2)3;2*1-2;2-1-3;1-2;;/h6-7,9H,3-5H2,1-2H3,(H,14,17);4-6H,1-3H2,(H2,9,13)(H,10,14)(H,11,12);4H,1-3H3;2*1-2H3;3H,1H2;2H,1H3;1H4;. The molecule has 1 saturated carbocycles. The zero-order valence-electron chi connectivity index (χ0n) is 28.5. The van der Waals surface area contributed by atoms with E-state index in [1.54, 1.807) is 4.90 Å². The van der Waals surface area contributed by atoms with Crippen LogP contribution in [0, 0.1) is 29.1 Å². The molecule has 0 bridgehead atoms. The Hall–Kier alpha value is -2.25. The number of rotatable bonds is 8. The van der Waals surface area contributed by atoms with Crippen molar-refractivity contribution in [1.29, 1.82) is 0 Å². The van der Waals surface area contributed by atoms with Gasteiger partial charge in [0, 0.05) is 53.7 Å². The molecular weight excluding hydrogens is 783 g/mol. The quantitative estimate of drug-likeness (QED) is 0.202. The summed E-state index contributed by atoms with van der Waals surface area (Å²) in [6.07, 6.45) is -1.68. The second kappa shape index (κ2) is 32.7. The zero-order valence-corrected chi connectivity index (χ0v) is 31.4. The minimum Gasteiger partial charge on any atom is -0.400 e. The van der Waals surface area contributed by atoms with Gasteiger partial charge in [0.05, 0.1) is 6.54 Å². The van der Waals surface area contributed by atoms with Crippen LogP contribution in [0.25, 0.3) is 0 Å². The molecule has 2 heterocycles. The van der Waals surface area contributed by atoms with E-state index in [4.69, 9.17) is 15.9 Å². The van der Waals surface area contributed by atoms with Gasteiger partial charge in [0.2, 0.25) is 24.1 Å². The van der Waals surface area contributed by atoms with Gasteiger partial charge in [-0.3, -0.25) is 24.0 Å². The number of aliphatic hydroxyl groups excluding tert-OH is 2.